The first-order chi connectivity index (χ1) is 7.36. The summed E-state index contributed by atoms with van der Waals surface area (Å²) in [6, 6.07) is 10.0. The zero-order valence-electron chi connectivity index (χ0n) is 9.33. The molecule has 0 heteroatoms. The van der Waals surface area contributed by atoms with Gasteiger partial charge in [0.1, 0.15) is 0 Å². The van der Waals surface area contributed by atoms with Crippen molar-refractivity contribution in [3.8, 4) is 11.8 Å². The second-order valence-electron chi connectivity index (χ2n) is 3.17. The van der Waals surface area contributed by atoms with Gasteiger partial charge in [-0.05, 0) is 25.5 Å². The van der Waals surface area contributed by atoms with E-state index in [1.807, 2.05) is 43.3 Å². The fraction of sp³-hybridized carbons (Fsp3) is 0.200. The molecule has 0 saturated heterocycles. The van der Waals surface area contributed by atoms with Crippen molar-refractivity contribution in [1.82, 2.24) is 0 Å². The van der Waals surface area contributed by atoms with E-state index in [4.69, 9.17) is 0 Å². The molecule has 1 aromatic carbocycles. The fourth-order valence-corrected chi connectivity index (χ4v) is 1.12. The average molecular weight is 196 g/mol. The molecule has 0 bridgehead atoms. The molecule has 0 saturated carbocycles. The van der Waals surface area contributed by atoms with Gasteiger partial charge in [-0.2, -0.15) is 0 Å². The van der Waals surface area contributed by atoms with Crippen molar-refractivity contribution in [2.45, 2.75) is 20.3 Å². The van der Waals surface area contributed by atoms with Crippen LogP contribution in [0.25, 0.3) is 0 Å². The third-order valence-corrected chi connectivity index (χ3v) is 1.97. The predicted octanol–water partition coefficient (Wildman–Crippen LogP) is 3.95. The van der Waals surface area contributed by atoms with Gasteiger partial charge in [-0.15, -0.1) is 0 Å². The van der Waals surface area contributed by atoms with E-state index in [0.29, 0.717) is 0 Å². The Hall–Kier alpha value is -1.74. The maximum atomic E-state index is 3.14. The first-order valence-corrected chi connectivity index (χ1v) is 5.26. The molecule has 0 heterocycles. The summed E-state index contributed by atoms with van der Waals surface area (Å²) in [5.41, 5.74) is 2.13. The molecule has 1 rings (SSSR count). The first-order valence-electron chi connectivity index (χ1n) is 5.26. The molecule has 0 nitrogen and oxygen atoms in total. The van der Waals surface area contributed by atoms with Gasteiger partial charge in [-0.1, -0.05) is 55.2 Å². The van der Waals surface area contributed by atoms with Crippen molar-refractivity contribution in [1.29, 1.82) is 0 Å². The average Bonchev–Trinajstić information content (AvgIpc) is 2.31. The second-order valence-corrected chi connectivity index (χ2v) is 3.17. The third-order valence-electron chi connectivity index (χ3n) is 1.97. The molecule has 0 aliphatic rings. The van der Waals surface area contributed by atoms with E-state index in [0.717, 1.165) is 17.6 Å². The molecule has 0 atom stereocenters. The van der Waals surface area contributed by atoms with E-state index in [1.54, 1.807) is 0 Å². The zero-order valence-corrected chi connectivity index (χ0v) is 9.33. The van der Waals surface area contributed by atoms with Gasteiger partial charge in [-0.3, -0.25) is 0 Å². The van der Waals surface area contributed by atoms with Crippen molar-refractivity contribution >= 4 is 0 Å². The lowest BCUT2D eigenvalue weighted by Crippen LogP contribution is -1.74. The summed E-state index contributed by atoms with van der Waals surface area (Å²) in [6.07, 6.45) is 7.26. The molecular formula is C15H16. The first kappa shape index (κ1) is 11.3. The van der Waals surface area contributed by atoms with E-state index < -0.39 is 0 Å². The standard InChI is InChI=1S/C15H16/c1-3-5-9-14(4-2)12-13-15-10-7-6-8-11-15/h4-11H,3H2,1-2H3/b9-5-,14-4+. The van der Waals surface area contributed by atoms with Gasteiger partial charge in [0.2, 0.25) is 0 Å². The van der Waals surface area contributed by atoms with Crippen molar-refractivity contribution < 1.29 is 0 Å². The van der Waals surface area contributed by atoms with Crippen LogP contribution < -0.4 is 0 Å². The minimum atomic E-state index is 1.05. The van der Waals surface area contributed by atoms with Crippen LogP contribution in [-0.2, 0) is 0 Å². The van der Waals surface area contributed by atoms with Crippen LogP contribution in [0.2, 0.25) is 0 Å². The molecular weight excluding hydrogens is 180 g/mol. The molecule has 0 N–H and O–H groups in total. The van der Waals surface area contributed by atoms with Crippen LogP contribution in [0.15, 0.2) is 54.1 Å². The summed E-state index contributed by atoms with van der Waals surface area (Å²) in [6.45, 7) is 4.13. The molecule has 0 aliphatic carbocycles. The summed E-state index contributed by atoms with van der Waals surface area (Å²) in [5.74, 6) is 6.28. The molecule has 0 radical (unpaired) electrons. The minimum Gasteiger partial charge on any atom is -0.0836 e. The van der Waals surface area contributed by atoms with E-state index in [9.17, 15) is 0 Å². The van der Waals surface area contributed by atoms with E-state index >= 15 is 0 Å². The van der Waals surface area contributed by atoms with Gasteiger partial charge in [0.05, 0.1) is 0 Å². The molecule has 76 valence electrons. The highest BCUT2D eigenvalue weighted by molar-refractivity contribution is 5.44. The Morgan fingerprint density at radius 1 is 1.27 bits per heavy atom. The largest absolute Gasteiger partial charge is 0.0836 e. The molecule has 15 heavy (non-hydrogen) atoms. The monoisotopic (exact) mass is 196 g/mol. The predicted molar refractivity (Wildman–Crippen MR) is 66.5 cm³/mol. The second kappa shape index (κ2) is 6.68. The van der Waals surface area contributed by atoms with Gasteiger partial charge < -0.3 is 0 Å². The molecule has 0 unspecified atom stereocenters. The zero-order chi connectivity index (χ0) is 10.9. The Bertz CT molecular complexity index is 397. The molecule has 0 fully saturated rings. The number of hydrogen-bond acceptors (Lipinski definition) is 0. The number of benzene rings is 1. The van der Waals surface area contributed by atoms with Crippen molar-refractivity contribution in [3.63, 3.8) is 0 Å². The van der Waals surface area contributed by atoms with Crippen LogP contribution in [0.3, 0.4) is 0 Å². The number of allylic oxidation sites excluding steroid dienone is 4. The highest BCUT2D eigenvalue weighted by Crippen LogP contribution is 1.99. The molecule has 0 amide bonds. The van der Waals surface area contributed by atoms with Crippen LogP contribution in [0.5, 0.6) is 0 Å². The summed E-state index contributed by atoms with van der Waals surface area (Å²) in [4.78, 5) is 0. The van der Waals surface area contributed by atoms with E-state index in [-0.39, 0.29) is 0 Å². The van der Waals surface area contributed by atoms with Gasteiger partial charge in [0.25, 0.3) is 0 Å². The summed E-state index contributed by atoms with van der Waals surface area (Å²) < 4.78 is 0. The van der Waals surface area contributed by atoms with Crippen LogP contribution in [0.1, 0.15) is 25.8 Å². The SMILES string of the molecule is C/C=C(C#Cc1ccccc1)\C=C/CC. The highest BCUT2D eigenvalue weighted by Gasteiger charge is 1.84. The lowest BCUT2D eigenvalue weighted by atomic mass is 10.2. The highest BCUT2D eigenvalue weighted by atomic mass is 13.9. The maximum absolute atomic E-state index is 3.14. The smallest absolute Gasteiger partial charge is 0.0249 e. The minimum absolute atomic E-state index is 1.05. The van der Waals surface area contributed by atoms with Crippen molar-refractivity contribution in [2.75, 3.05) is 0 Å². The summed E-state index contributed by atoms with van der Waals surface area (Å²) >= 11 is 0. The van der Waals surface area contributed by atoms with E-state index in [1.165, 1.54) is 0 Å². The maximum Gasteiger partial charge on any atom is 0.0249 e. The molecule has 1 aromatic rings. The van der Waals surface area contributed by atoms with Crippen LogP contribution >= 0.6 is 0 Å². The topological polar surface area (TPSA) is 0 Å². The number of hydrogen-bond donors (Lipinski definition) is 0. The molecule has 0 spiro atoms. The number of rotatable bonds is 2. The van der Waals surface area contributed by atoms with E-state index in [2.05, 4.69) is 30.9 Å². The lowest BCUT2D eigenvalue weighted by Gasteiger charge is -1.89. The molecule has 0 aromatic heterocycles. The van der Waals surface area contributed by atoms with Gasteiger partial charge in [0, 0.05) is 11.1 Å². The summed E-state index contributed by atoms with van der Waals surface area (Å²) in [7, 11) is 0. The Morgan fingerprint density at radius 2 is 2.00 bits per heavy atom. The lowest BCUT2D eigenvalue weighted by molar-refractivity contribution is 1.22. The quantitative estimate of drug-likeness (QED) is 0.496. The Labute approximate surface area is 92.3 Å². The molecule has 0 aliphatic heterocycles. The van der Waals surface area contributed by atoms with Crippen molar-refractivity contribution in [3.05, 3.63) is 59.7 Å². The Kier molecular flexibility index (Phi) is 5.04. The Morgan fingerprint density at radius 3 is 2.60 bits per heavy atom. The van der Waals surface area contributed by atoms with Crippen LogP contribution in [0, 0.1) is 11.8 Å². The fourth-order valence-electron chi connectivity index (χ4n) is 1.12. The normalized spacial score (nSPS) is 11.2. The van der Waals surface area contributed by atoms with Gasteiger partial charge in [0.15, 0.2) is 0 Å². The summed E-state index contributed by atoms with van der Waals surface area (Å²) in [5, 5.41) is 0. The van der Waals surface area contributed by atoms with Crippen LogP contribution in [0.4, 0.5) is 0 Å². The Balaban J connectivity index is 2.76. The van der Waals surface area contributed by atoms with Crippen LogP contribution in [-0.4, -0.2) is 0 Å². The third kappa shape index (κ3) is 4.33. The van der Waals surface area contributed by atoms with Crippen molar-refractivity contribution in [2.24, 2.45) is 0 Å². The van der Waals surface area contributed by atoms with Gasteiger partial charge in [-0.25, -0.2) is 0 Å². The van der Waals surface area contributed by atoms with Gasteiger partial charge >= 0.3 is 0 Å².